The molecule has 1 saturated heterocycles. The van der Waals surface area contributed by atoms with Gasteiger partial charge in [0.1, 0.15) is 5.82 Å². The number of hydrogen-bond acceptors (Lipinski definition) is 3. The Kier molecular flexibility index (Phi) is 6.59. The van der Waals surface area contributed by atoms with Crippen LogP contribution < -0.4 is 5.73 Å². The Morgan fingerprint density at radius 1 is 1.36 bits per heavy atom. The number of nitrogens with zero attached hydrogens (tertiary/aromatic N) is 3. The van der Waals surface area contributed by atoms with E-state index in [-0.39, 0.29) is 36.2 Å². The fourth-order valence-electron chi connectivity index (χ4n) is 3.12. The molecule has 1 aromatic heterocycles. The summed E-state index contributed by atoms with van der Waals surface area (Å²) < 4.78 is 15.3. The van der Waals surface area contributed by atoms with Crippen LogP contribution in [0.25, 0.3) is 5.69 Å². The van der Waals surface area contributed by atoms with E-state index in [1.165, 1.54) is 12.1 Å². The predicted molar refractivity (Wildman–Crippen MR) is 101 cm³/mol. The maximum atomic E-state index is 13.1. The SMILES string of the molecule is CC(N)C1CCCCN1C(=O)c1nn(-c2ccc(F)cc2)cc1Br.Cl. The second-order valence-electron chi connectivity index (χ2n) is 6.17. The highest BCUT2D eigenvalue weighted by Gasteiger charge is 2.32. The first-order valence-corrected chi connectivity index (χ1v) is 8.84. The summed E-state index contributed by atoms with van der Waals surface area (Å²) in [4.78, 5) is 14.8. The van der Waals surface area contributed by atoms with E-state index in [4.69, 9.17) is 5.73 Å². The molecule has 3 rings (SSSR count). The van der Waals surface area contributed by atoms with Crippen LogP contribution in [0.3, 0.4) is 0 Å². The molecule has 2 aromatic rings. The predicted octanol–water partition coefficient (Wildman–Crippen LogP) is 3.54. The molecule has 0 bridgehead atoms. The molecule has 1 aliphatic rings. The molecule has 1 amide bonds. The van der Waals surface area contributed by atoms with E-state index in [0.717, 1.165) is 19.3 Å². The molecule has 1 fully saturated rings. The maximum absolute atomic E-state index is 13.1. The van der Waals surface area contributed by atoms with Gasteiger partial charge in [-0.1, -0.05) is 0 Å². The first-order valence-electron chi connectivity index (χ1n) is 8.05. The molecule has 0 aliphatic carbocycles. The molecule has 2 atom stereocenters. The largest absolute Gasteiger partial charge is 0.333 e. The van der Waals surface area contributed by atoms with Crippen LogP contribution in [0.1, 0.15) is 36.7 Å². The Balaban J connectivity index is 0.00000225. The van der Waals surface area contributed by atoms with E-state index in [0.29, 0.717) is 22.4 Å². The number of amides is 1. The third-order valence-electron chi connectivity index (χ3n) is 4.38. The van der Waals surface area contributed by atoms with Gasteiger partial charge in [-0.05, 0) is 66.4 Å². The minimum absolute atomic E-state index is 0. The zero-order chi connectivity index (χ0) is 17.3. The van der Waals surface area contributed by atoms with Gasteiger partial charge in [0.15, 0.2) is 5.69 Å². The number of likely N-dealkylation sites (tertiary alicyclic amines) is 1. The van der Waals surface area contributed by atoms with E-state index in [9.17, 15) is 9.18 Å². The van der Waals surface area contributed by atoms with Gasteiger partial charge in [0.05, 0.1) is 10.2 Å². The number of piperidine rings is 1. The summed E-state index contributed by atoms with van der Waals surface area (Å²) in [6, 6.07) is 5.93. The van der Waals surface area contributed by atoms with Crippen molar-refractivity contribution in [3.05, 3.63) is 46.4 Å². The van der Waals surface area contributed by atoms with Crippen molar-refractivity contribution in [3.63, 3.8) is 0 Å². The highest BCUT2D eigenvalue weighted by molar-refractivity contribution is 9.10. The van der Waals surface area contributed by atoms with Crippen LogP contribution in [0.2, 0.25) is 0 Å². The normalized spacial score (nSPS) is 18.6. The zero-order valence-electron chi connectivity index (χ0n) is 13.9. The molecule has 0 saturated carbocycles. The third-order valence-corrected chi connectivity index (χ3v) is 4.96. The molecule has 2 heterocycles. The standard InChI is InChI=1S/C17H20BrFN4O.ClH/c1-11(20)15-4-2-3-9-22(15)17(24)16-14(18)10-23(21-16)13-7-5-12(19)6-8-13;/h5-8,10-11,15H,2-4,9,20H2,1H3;1H. The molecule has 8 heteroatoms. The lowest BCUT2D eigenvalue weighted by atomic mass is 9.96. The molecule has 5 nitrogen and oxygen atoms in total. The summed E-state index contributed by atoms with van der Waals surface area (Å²) in [5.74, 6) is -0.431. The number of carbonyl (C=O) groups is 1. The summed E-state index contributed by atoms with van der Waals surface area (Å²) in [5, 5.41) is 4.39. The molecule has 0 radical (unpaired) electrons. The van der Waals surface area contributed by atoms with Crippen LogP contribution in [0, 0.1) is 5.82 Å². The Morgan fingerprint density at radius 3 is 2.68 bits per heavy atom. The fraction of sp³-hybridized carbons (Fsp3) is 0.412. The molecular formula is C17H21BrClFN4O. The van der Waals surface area contributed by atoms with Gasteiger partial charge in [-0.3, -0.25) is 4.79 Å². The first kappa shape index (κ1) is 19.9. The number of rotatable bonds is 3. The van der Waals surface area contributed by atoms with E-state index in [1.807, 2.05) is 11.8 Å². The minimum atomic E-state index is -0.311. The van der Waals surface area contributed by atoms with Crippen molar-refractivity contribution in [1.82, 2.24) is 14.7 Å². The number of nitrogens with two attached hydrogens (primary N) is 1. The summed E-state index contributed by atoms with van der Waals surface area (Å²) in [5.41, 5.74) is 7.10. The quantitative estimate of drug-likeness (QED) is 0.808. The molecule has 136 valence electrons. The summed E-state index contributed by atoms with van der Waals surface area (Å²) in [7, 11) is 0. The monoisotopic (exact) mass is 430 g/mol. The van der Waals surface area contributed by atoms with Crippen LogP contribution >= 0.6 is 28.3 Å². The van der Waals surface area contributed by atoms with Gasteiger partial charge in [0, 0.05) is 24.8 Å². The van der Waals surface area contributed by atoms with Crippen LogP contribution in [0.15, 0.2) is 34.9 Å². The van der Waals surface area contributed by atoms with Gasteiger partial charge in [-0.15, -0.1) is 12.4 Å². The van der Waals surface area contributed by atoms with Crippen LogP contribution in [-0.4, -0.2) is 39.2 Å². The molecule has 2 unspecified atom stereocenters. The van der Waals surface area contributed by atoms with Crippen molar-refractivity contribution in [1.29, 1.82) is 0 Å². The molecule has 1 aliphatic heterocycles. The number of carbonyl (C=O) groups excluding carboxylic acids is 1. The second kappa shape index (κ2) is 8.29. The van der Waals surface area contributed by atoms with Gasteiger partial charge in [-0.2, -0.15) is 5.10 Å². The Hall–Kier alpha value is -1.44. The van der Waals surface area contributed by atoms with Gasteiger partial charge >= 0.3 is 0 Å². The van der Waals surface area contributed by atoms with E-state index >= 15 is 0 Å². The molecule has 25 heavy (non-hydrogen) atoms. The topological polar surface area (TPSA) is 64.2 Å². The van der Waals surface area contributed by atoms with Gasteiger partial charge in [0.25, 0.3) is 5.91 Å². The first-order chi connectivity index (χ1) is 11.5. The highest BCUT2D eigenvalue weighted by atomic mass is 79.9. The summed E-state index contributed by atoms with van der Waals surface area (Å²) in [6.07, 6.45) is 4.69. The smallest absolute Gasteiger partial charge is 0.275 e. The Bertz CT molecular complexity index is 735. The lowest BCUT2D eigenvalue weighted by Gasteiger charge is -2.37. The van der Waals surface area contributed by atoms with E-state index < -0.39 is 0 Å². The number of hydrogen-bond donors (Lipinski definition) is 1. The fourth-order valence-corrected chi connectivity index (χ4v) is 3.56. The van der Waals surface area contributed by atoms with Gasteiger partial charge < -0.3 is 10.6 Å². The van der Waals surface area contributed by atoms with Gasteiger partial charge in [0.2, 0.25) is 0 Å². The average Bonchev–Trinajstić information content (AvgIpc) is 2.96. The molecule has 2 N–H and O–H groups in total. The van der Waals surface area contributed by atoms with Crippen molar-refractivity contribution in [3.8, 4) is 5.69 Å². The highest BCUT2D eigenvalue weighted by Crippen LogP contribution is 2.25. The van der Waals surface area contributed by atoms with Crippen molar-refractivity contribution in [2.24, 2.45) is 5.73 Å². The summed E-state index contributed by atoms with van der Waals surface area (Å²) in [6.45, 7) is 2.63. The van der Waals surface area contributed by atoms with Crippen LogP contribution in [0.5, 0.6) is 0 Å². The number of halogens is 3. The lowest BCUT2D eigenvalue weighted by molar-refractivity contribution is 0.0576. The lowest BCUT2D eigenvalue weighted by Crippen LogP contribution is -2.51. The maximum Gasteiger partial charge on any atom is 0.275 e. The Labute approximate surface area is 160 Å². The van der Waals surface area contributed by atoms with E-state index in [1.54, 1.807) is 23.0 Å². The van der Waals surface area contributed by atoms with Crippen molar-refractivity contribution >= 4 is 34.2 Å². The third kappa shape index (κ3) is 4.22. The molecular weight excluding hydrogens is 411 g/mol. The van der Waals surface area contributed by atoms with Crippen LogP contribution in [-0.2, 0) is 0 Å². The molecule has 0 spiro atoms. The van der Waals surface area contributed by atoms with E-state index in [2.05, 4.69) is 21.0 Å². The second-order valence-corrected chi connectivity index (χ2v) is 7.02. The van der Waals surface area contributed by atoms with Crippen LogP contribution in [0.4, 0.5) is 4.39 Å². The van der Waals surface area contributed by atoms with Gasteiger partial charge in [-0.25, -0.2) is 9.07 Å². The van der Waals surface area contributed by atoms with Crippen molar-refractivity contribution in [2.75, 3.05) is 6.54 Å². The van der Waals surface area contributed by atoms with Crippen molar-refractivity contribution < 1.29 is 9.18 Å². The Morgan fingerprint density at radius 2 is 2.04 bits per heavy atom. The molecule has 1 aromatic carbocycles. The number of benzene rings is 1. The minimum Gasteiger partial charge on any atom is -0.333 e. The summed E-state index contributed by atoms with van der Waals surface area (Å²) >= 11 is 3.42. The zero-order valence-corrected chi connectivity index (χ0v) is 16.3. The van der Waals surface area contributed by atoms with Crippen molar-refractivity contribution in [2.45, 2.75) is 38.3 Å². The average molecular weight is 432 g/mol. The number of aromatic nitrogens is 2.